The molecule has 0 amide bonds. The number of hydrogen-bond acceptors (Lipinski definition) is 0. The quantitative estimate of drug-likeness (QED) is 0.262. The monoisotopic (exact) mass is 478 g/mol. The Morgan fingerprint density at radius 3 is 1.63 bits per heavy atom. The normalized spacial score (nSPS) is 31.9. The number of benzene rings is 1. The predicted octanol–water partition coefficient (Wildman–Crippen LogP) is 11.3. The fourth-order valence-corrected chi connectivity index (χ4v) is 8.28. The Morgan fingerprint density at radius 1 is 0.514 bits per heavy atom. The lowest BCUT2D eigenvalue weighted by Crippen LogP contribution is -2.26. The summed E-state index contributed by atoms with van der Waals surface area (Å²) in [6.45, 7) is 4.68. The van der Waals surface area contributed by atoms with Gasteiger partial charge in [0.2, 0.25) is 0 Å². The highest BCUT2D eigenvalue weighted by Gasteiger charge is 2.30. The summed E-state index contributed by atoms with van der Waals surface area (Å²) in [7, 11) is 0. The van der Waals surface area contributed by atoms with Gasteiger partial charge in [0.1, 0.15) is 0 Å². The van der Waals surface area contributed by atoms with Gasteiger partial charge < -0.3 is 0 Å². The van der Waals surface area contributed by atoms with Crippen molar-refractivity contribution in [2.45, 2.75) is 155 Å². The van der Waals surface area contributed by atoms with Crippen molar-refractivity contribution in [3.63, 3.8) is 0 Å². The van der Waals surface area contributed by atoms with Gasteiger partial charge in [-0.15, -0.1) is 0 Å². The number of unbranched alkanes of at least 4 members (excludes halogenated alkanes) is 3. The molecule has 1 aromatic carbocycles. The summed E-state index contributed by atoms with van der Waals surface area (Å²) in [4.78, 5) is 0. The fraction of sp³-hybridized carbons (Fsp3) is 0.829. The Hall–Kier alpha value is -0.780. The van der Waals surface area contributed by atoms with Crippen molar-refractivity contribution in [2.24, 2.45) is 29.6 Å². The van der Waals surface area contributed by atoms with Crippen LogP contribution in [0.2, 0.25) is 0 Å². The van der Waals surface area contributed by atoms with E-state index in [4.69, 9.17) is 0 Å². The third-order valence-corrected chi connectivity index (χ3v) is 10.8. The molecule has 3 saturated carbocycles. The van der Waals surface area contributed by atoms with Gasteiger partial charge in [-0.25, -0.2) is 0 Å². The Labute approximate surface area is 219 Å². The summed E-state index contributed by atoms with van der Waals surface area (Å²) >= 11 is 0. The second-order valence-electron chi connectivity index (χ2n) is 13.2. The van der Waals surface area contributed by atoms with E-state index in [0.717, 1.165) is 35.5 Å². The largest absolute Gasteiger partial charge is 0.0654 e. The van der Waals surface area contributed by atoms with Crippen LogP contribution in [0.1, 0.15) is 159 Å². The van der Waals surface area contributed by atoms with Gasteiger partial charge in [-0.05, 0) is 111 Å². The summed E-state index contributed by atoms with van der Waals surface area (Å²) in [5.74, 6) is 6.06. The maximum atomic E-state index is 2.49. The zero-order chi connectivity index (χ0) is 24.3. The SMILES string of the molecule is CCCCCCC1CCC(c2ccc(CCC3CCC(C4CCC(CCC)CC4)CC3)cc2)CC1. The second-order valence-corrected chi connectivity index (χ2v) is 13.2. The summed E-state index contributed by atoms with van der Waals surface area (Å²) < 4.78 is 0. The molecule has 0 heteroatoms. The smallest absolute Gasteiger partial charge is 0.0162 e. The van der Waals surface area contributed by atoms with Gasteiger partial charge in [-0.3, -0.25) is 0 Å². The van der Waals surface area contributed by atoms with Crippen LogP contribution in [0.4, 0.5) is 0 Å². The molecule has 0 spiro atoms. The second kappa shape index (κ2) is 14.8. The van der Waals surface area contributed by atoms with Crippen molar-refractivity contribution >= 4 is 0 Å². The number of aryl methyl sites for hydroxylation is 1. The standard InChI is InChI=1S/C35H58/c1-3-5-6-7-9-29-14-22-33(23-15-29)35-26-18-31(19-27-35)11-10-30-16-24-34(25-17-30)32-20-12-28(8-4-2)13-21-32/h18-19,26-30,32-34H,3-17,20-25H2,1-2H3. The molecule has 4 rings (SSSR count). The lowest BCUT2D eigenvalue weighted by atomic mass is 9.68. The lowest BCUT2D eigenvalue weighted by molar-refractivity contribution is 0.141. The van der Waals surface area contributed by atoms with Crippen LogP contribution in [-0.2, 0) is 6.42 Å². The van der Waals surface area contributed by atoms with E-state index < -0.39 is 0 Å². The van der Waals surface area contributed by atoms with E-state index in [1.54, 1.807) is 24.0 Å². The summed E-state index contributed by atoms with van der Waals surface area (Å²) in [5.41, 5.74) is 3.22. The Balaban J connectivity index is 1.11. The Kier molecular flexibility index (Phi) is 11.6. The molecule has 1 aromatic rings. The van der Waals surface area contributed by atoms with Crippen LogP contribution in [0, 0.1) is 29.6 Å². The van der Waals surface area contributed by atoms with Crippen LogP contribution in [0.5, 0.6) is 0 Å². The molecule has 0 heterocycles. The first-order valence-corrected chi connectivity index (χ1v) is 16.3. The predicted molar refractivity (Wildman–Crippen MR) is 154 cm³/mol. The van der Waals surface area contributed by atoms with Crippen LogP contribution in [0.25, 0.3) is 0 Å². The van der Waals surface area contributed by atoms with Gasteiger partial charge >= 0.3 is 0 Å². The van der Waals surface area contributed by atoms with Gasteiger partial charge in [-0.2, -0.15) is 0 Å². The summed E-state index contributed by atoms with van der Waals surface area (Å²) in [6, 6.07) is 9.94. The van der Waals surface area contributed by atoms with E-state index >= 15 is 0 Å². The maximum Gasteiger partial charge on any atom is -0.0162 e. The van der Waals surface area contributed by atoms with Crippen molar-refractivity contribution in [2.75, 3.05) is 0 Å². The highest BCUT2D eigenvalue weighted by Crippen LogP contribution is 2.43. The first-order chi connectivity index (χ1) is 17.2. The van der Waals surface area contributed by atoms with Gasteiger partial charge in [0.15, 0.2) is 0 Å². The third-order valence-electron chi connectivity index (χ3n) is 10.8. The molecule has 0 radical (unpaired) electrons. The first kappa shape index (κ1) is 27.3. The fourth-order valence-electron chi connectivity index (χ4n) is 8.28. The minimum atomic E-state index is 0.836. The van der Waals surface area contributed by atoms with E-state index in [-0.39, 0.29) is 0 Å². The van der Waals surface area contributed by atoms with Crippen LogP contribution < -0.4 is 0 Å². The molecule has 0 saturated heterocycles. The van der Waals surface area contributed by atoms with Crippen molar-refractivity contribution in [3.8, 4) is 0 Å². The lowest BCUT2D eigenvalue weighted by Gasteiger charge is -2.38. The average molecular weight is 479 g/mol. The van der Waals surface area contributed by atoms with Crippen LogP contribution in [0.3, 0.4) is 0 Å². The minimum absolute atomic E-state index is 0.836. The minimum Gasteiger partial charge on any atom is -0.0654 e. The van der Waals surface area contributed by atoms with E-state index in [1.165, 1.54) is 122 Å². The molecule has 3 aliphatic carbocycles. The molecule has 0 unspecified atom stereocenters. The van der Waals surface area contributed by atoms with Crippen molar-refractivity contribution in [3.05, 3.63) is 35.4 Å². The molecule has 0 N–H and O–H groups in total. The Bertz CT molecular complexity index is 662. The van der Waals surface area contributed by atoms with Crippen molar-refractivity contribution < 1.29 is 0 Å². The van der Waals surface area contributed by atoms with E-state index in [1.807, 2.05) is 0 Å². The zero-order valence-corrected chi connectivity index (χ0v) is 23.6. The van der Waals surface area contributed by atoms with Crippen LogP contribution in [0.15, 0.2) is 24.3 Å². The van der Waals surface area contributed by atoms with E-state index in [2.05, 4.69) is 38.1 Å². The molecule has 3 fully saturated rings. The molecule has 3 aliphatic rings. The highest BCUT2D eigenvalue weighted by molar-refractivity contribution is 5.26. The van der Waals surface area contributed by atoms with E-state index in [0.29, 0.717) is 0 Å². The molecule has 0 aromatic heterocycles. The van der Waals surface area contributed by atoms with Gasteiger partial charge in [0.05, 0.1) is 0 Å². The molecule has 0 bridgehead atoms. The number of hydrogen-bond donors (Lipinski definition) is 0. The first-order valence-electron chi connectivity index (χ1n) is 16.3. The average Bonchev–Trinajstić information content (AvgIpc) is 2.92. The number of rotatable bonds is 12. The van der Waals surface area contributed by atoms with Gasteiger partial charge in [0.25, 0.3) is 0 Å². The van der Waals surface area contributed by atoms with Crippen molar-refractivity contribution in [1.29, 1.82) is 0 Å². The van der Waals surface area contributed by atoms with Crippen LogP contribution >= 0.6 is 0 Å². The van der Waals surface area contributed by atoms with Crippen molar-refractivity contribution in [1.82, 2.24) is 0 Å². The maximum absolute atomic E-state index is 2.49. The highest BCUT2D eigenvalue weighted by atomic mass is 14.4. The molecule has 0 atom stereocenters. The van der Waals surface area contributed by atoms with E-state index in [9.17, 15) is 0 Å². The molecule has 35 heavy (non-hydrogen) atoms. The Morgan fingerprint density at radius 2 is 1.06 bits per heavy atom. The molecule has 0 nitrogen and oxygen atoms in total. The molecule has 0 aliphatic heterocycles. The third kappa shape index (κ3) is 8.64. The molecular weight excluding hydrogens is 420 g/mol. The summed E-state index contributed by atoms with van der Waals surface area (Å²) in [5, 5.41) is 0. The van der Waals surface area contributed by atoms with Gasteiger partial charge in [-0.1, -0.05) is 109 Å². The molecule has 198 valence electrons. The molecular formula is C35H58. The topological polar surface area (TPSA) is 0 Å². The van der Waals surface area contributed by atoms with Gasteiger partial charge in [0, 0.05) is 0 Å². The zero-order valence-electron chi connectivity index (χ0n) is 23.6. The van der Waals surface area contributed by atoms with Crippen LogP contribution in [-0.4, -0.2) is 0 Å². The summed E-state index contributed by atoms with van der Waals surface area (Å²) in [6.07, 6.45) is 30.9.